The molecule has 2 aromatic rings. The second-order valence-electron chi connectivity index (χ2n) is 9.90. The molecule has 2 aliphatic rings. The first kappa shape index (κ1) is 21.3. The Morgan fingerprint density at radius 3 is 2.71 bits per heavy atom. The van der Waals surface area contributed by atoms with Crippen molar-refractivity contribution in [1.82, 2.24) is 14.9 Å². The third-order valence-corrected chi connectivity index (χ3v) is 6.12. The number of carbonyl (C=O) groups is 1. The maximum absolute atomic E-state index is 14.2. The summed E-state index contributed by atoms with van der Waals surface area (Å²) < 4.78 is 19.7. The van der Waals surface area contributed by atoms with Gasteiger partial charge in [-0.05, 0) is 63.3 Å². The molecule has 31 heavy (non-hydrogen) atoms. The molecule has 1 aliphatic carbocycles. The molecule has 1 amide bonds. The van der Waals surface area contributed by atoms with Gasteiger partial charge in [0.2, 0.25) is 0 Å². The van der Waals surface area contributed by atoms with Crippen molar-refractivity contribution < 1.29 is 13.9 Å². The molecular weight excluding hydrogens is 397 g/mol. The fraction of sp³-hybridized carbons (Fsp3) is 0.522. The summed E-state index contributed by atoms with van der Waals surface area (Å²) in [5.74, 6) is -0.557. The average molecular weight is 428 g/mol. The first-order valence-electron chi connectivity index (χ1n) is 10.6. The van der Waals surface area contributed by atoms with Crippen molar-refractivity contribution >= 4 is 17.6 Å². The third-order valence-electron chi connectivity index (χ3n) is 6.12. The van der Waals surface area contributed by atoms with Crippen molar-refractivity contribution in [3.63, 3.8) is 0 Å². The highest BCUT2D eigenvalue weighted by atomic mass is 19.1. The third kappa shape index (κ3) is 4.43. The lowest BCUT2D eigenvalue weighted by Crippen LogP contribution is -2.66. The topological polar surface area (TPSA) is 93.4 Å². The van der Waals surface area contributed by atoms with Crippen LogP contribution < -0.4 is 11.1 Å². The lowest BCUT2D eigenvalue weighted by Gasteiger charge is -2.58. The van der Waals surface area contributed by atoms with Crippen LogP contribution in [0.15, 0.2) is 24.7 Å². The number of likely N-dealkylation sites (tertiary alicyclic amines) is 1. The molecule has 0 atom stereocenters. The first-order chi connectivity index (χ1) is 14.6. The van der Waals surface area contributed by atoms with Crippen LogP contribution in [0, 0.1) is 18.2 Å². The number of carbonyl (C=O) groups excluding carboxylic acids is 1. The molecular formula is C23H30FN5O2. The average Bonchev–Trinajstić information content (AvgIpc) is 2.61. The van der Waals surface area contributed by atoms with Gasteiger partial charge in [0.15, 0.2) is 11.6 Å². The van der Waals surface area contributed by atoms with Gasteiger partial charge in [0.05, 0.1) is 11.9 Å². The van der Waals surface area contributed by atoms with Crippen LogP contribution in [-0.2, 0) is 11.2 Å². The SMILES string of the molecule is Cc1c(Cc2ccnc(N)c2F)cncc1NC1CC2(C1)CN(C(=O)OC(C)(C)C)C2. The van der Waals surface area contributed by atoms with Crippen LogP contribution >= 0.6 is 0 Å². The zero-order valence-electron chi connectivity index (χ0n) is 18.5. The highest BCUT2D eigenvalue weighted by molar-refractivity contribution is 5.69. The molecule has 2 aromatic heterocycles. The molecule has 166 valence electrons. The van der Waals surface area contributed by atoms with Crippen molar-refractivity contribution in [1.29, 1.82) is 0 Å². The molecule has 0 bridgehead atoms. The van der Waals surface area contributed by atoms with Gasteiger partial charge in [-0.25, -0.2) is 14.2 Å². The van der Waals surface area contributed by atoms with Crippen molar-refractivity contribution in [2.24, 2.45) is 5.41 Å². The van der Waals surface area contributed by atoms with Gasteiger partial charge >= 0.3 is 6.09 Å². The Hall–Kier alpha value is -2.90. The van der Waals surface area contributed by atoms with E-state index >= 15 is 0 Å². The minimum Gasteiger partial charge on any atom is -0.444 e. The number of aromatic nitrogens is 2. The van der Waals surface area contributed by atoms with Gasteiger partial charge in [0.25, 0.3) is 0 Å². The monoisotopic (exact) mass is 427 g/mol. The number of halogens is 1. The molecule has 1 saturated carbocycles. The van der Waals surface area contributed by atoms with Crippen molar-refractivity contribution in [2.75, 3.05) is 24.1 Å². The molecule has 7 nitrogen and oxygen atoms in total. The highest BCUT2D eigenvalue weighted by Crippen LogP contribution is 2.49. The lowest BCUT2D eigenvalue weighted by molar-refractivity contribution is -0.0738. The molecule has 1 saturated heterocycles. The second kappa shape index (κ2) is 7.66. The minimum absolute atomic E-state index is 0.0851. The summed E-state index contributed by atoms with van der Waals surface area (Å²) in [5.41, 5.74) is 8.79. The maximum Gasteiger partial charge on any atom is 0.410 e. The molecule has 0 radical (unpaired) electrons. The van der Waals surface area contributed by atoms with E-state index in [1.54, 1.807) is 17.2 Å². The molecule has 1 aliphatic heterocycles. The number of pyridine rings is 2. The van der Waals surface area contributed by atoms with Gasteiger partial charge in [-0.15, -0.1) is 0 Å². The number of anilines is 2. The number of nitrogens with two attached hydrogens (primary N) is 1. The molecule has 2 fully saturated rings. The van der Waals surface area contributed by atoms with E-state index in [0.717, 1.165) is 42.7 Å². The predicted octanol–water partition coefficient (Wildman–Crippen LogP) is 3.91. The zero-order valence-corrected chi connectivity index (χ0v) is 18.5. The largest absolute Gasteiger partial charge is 0.444 e. The zero-order chi connectivity index (χ0) is 22.4. The van der Waals surface area contributed by atoms with E-state index in [4.69, 9.17) is 10.5 Å². The molecule has 3 N–H and O–H groups in total. The number of nitrogens with one attached hydrogen (secondary N) is 1. The van der Waals surface area contributed by atoms with Crippen LogP contribution in [0.5, 0.6) is 0 Å². The fourth-order valence-corrected chi connectivity index (χ4v) is 4.52. The number of hydrogen-bond donors (Lipinski definition) is 2. The van der Waals surface area contributed by atoms with Crippen molar-refractivity contribution in [3.8, 4) is 0 Å². The minimum atomic E-state index is -0.472. The van der Waals surface area contributed by atoms with E-state index in [1.807, 2.05) is 33.9 Å². The summed E-state index contributed by atoms with van der Waals surface area (Å²) in [6.07, 6.45) is 7.29. The number of rotatable bonds is 4. The fourth-order valence-electron chi connectivity index (χ4n) is 4.52. The van der Waals surface area contributed by atoms with Gasteiger partial charge in [-0.3, -0.25) is 4.98 Å². The van der Waals surface area contributed by atoms with Gasteiger partial charge in [-0.2, -0.15) is 0 Å². The van der Waals surface area contributed by atoms with Gasteiger partial charge in [0.1, 0.15) is 5.60 Å². The molecule has 8 heteroatoms. The number of hydrogen-bond acceptors (Lipinski definition) is 6. The van der Waals surface area contributed by atoms with E-state index in [2.05, 4.69) is 15.3 Å². The predicted molar refractivity (Wildman–Crippen MR) is 117 cm³/mol. The summed E-state index contributed by atoms with van der Waals surface area (Å²) in [7, 11) is 0. The normalized spacial score (nSPS) is 17.8. The Labute approximate surface area is 182 Å². The molecule has 0 unspecified atom stereocenters. The molecule has 0 aromatic carbocycles. The highest BCUT2D eigenvalue weighted by Gasteiger charge is 2.54. The van der Waals surface area contributed by atoms with Crippen molar-refractivity contribution in [3.05, 3.63) is 47.2 Å². The lowest BCUT2D eigenvalue weighted by atomic mass is 9.60. The Morgan fingerprint density at radius 1 is 1.32 bits per heavy atom. The van der Waals surface area contributed by atoms with Gasteiger partial charge < -0.3 is 20.7 Å². The Balaban J connectivity index is 1.33. The number of nitrogens with zero attached hydrogens (tertiary/aromatic N) is 3. The Bertz CT molecular complexity index is 990. The summed E-state index contributed by atoms with van der Waals surface area (Å²) >= 11 is 0. The van der Waals surface area contributed by atoms with Crippen LogP contribution in [0.25, 0.3) is 0 Å². The standard InChI is InChI=1S/C23H30FN5O2/c1-14-16(7-15-5-6-27-20(25)19(15)24)10-26-11-18(14)28-17-8-23(9-17)12-29(13-23)21(30)31-22(2,3)4/h5-6,10-11,17,28H,7-9,12-13H2,1-4H3,(H2,25,27). The molecule has 4 rings (SSSR count). The van der Waals surface area contributed by atoms with E-state index in [1.165, 1.54) is 6.20 Å². The quantitative estimate of drug-likeness (QED) is 0.769. The smallest absolute Gasteiger partial charge is 0.410 e. The van der Waals surface area contributed by atoms with Crippen LogP contribution in [-0.4, -0.2) is 45.7 Å². The maximum atomic E-state index is 14.2. The summed E-state index contributed by atoms with van der Waals surface area (Å²) in [4.78, 5) is 22.1. The van der Waals surface area contributed by atoms with E-state index in [9.17, 15) is 9.18 Å². The summed E-state index contributed by atoms with van der Waals surface area (Å²) in [5, 5.41) is 3.58. The van der Waals surface area contributed by atoms with Crippen LogP contribution in [0.4, 0.5) is 20.7 Å². The van der Waals surface area contributed by atoms with Gasteiger partial charge in [0, 0.05) is 43.4 Å². The second-order valence-corrected chi connectivity index (χ2v) is 9.90. The summed E-state index contributed by atoms with van der Waals surface area (Å²) in [6, 6.07) is 1.98. The van der Waals surface area contributed by atoms with E-state index in [-0.39, 0.29) is 17.3 Å². The van der Waals surface area contributed by atoms with E-state index in [0.29, 0.717) is 18.0 Å². The summed E-state index contributed by atoms with van der Waals surface area (Å²) in [6.45, 7) is 9.16. The Kier molecular flexibility index (Phi) is 5.27. The molecule has 3 heterocycles. The molecule has 1 spiro atoms. The number of nitrogen functional groups attached to an aromatic ring is 1. The number of amides is 1. The van der Waals surface area contributed by atoms with E-state index < -0.39 is 11.4 Å². The van der Waals surface area contributed by atoms with Crippen LogP contribution in [0.2, 0.25) is 0 Å². The number of ether oxygens (including phenoxy) is 1. The van der Waals surface area contributed by atoms with Gasteiger partial charge in [-0.1, -0.05) is 0 Å². The van der Waals surface area contributed by atoms with Crippen LogP contribution in [0.3, 0.4) is 0 Å². The first-order valence-corrected chi connectivity index (χ1v) is 10.6. The van der Waals surface area contributed by atoms with Crippen LogP contribution in [0.1, 0.15) is 50.3 Å². The Morgan fingerprint density at radius 2 is 2.03 bits per heavy atom. The van der Waals surface area contributed by atoms with Crippen molar-refractivity contribution in [2.45, 2.75) is 58.6 Å².